The van der Waals surface area contributed by atoms with Crippen molar-refractivity contribution in [2.24, 2.45) is 5.92 Å². The third-order valence-electron chi connectivity index (χ3n) is 5.44. The Morgan fingerprint density at radius 1 is 1.16 bits per heavy atom. The van der Waals surface area contributed by atoms with Gasteiger partial charge in [-0.05, 0) is 17.9 Å². The minimum atomic E-state index is -1.23. The van der Waals surface area contributed by atoms with E-state index in [0.717, 1.165) is 18.5 Å². The molecule has 4 N–H and O–H groups in total. The van der Waals surface area contributed by atoms with E-state index in [4.69, 9.17) is 9.72 Å². The molecule has 1 fully saturated rings. The number of rotatable bonds is 9. The fourth-order valence-corrected chi connectivity index (χ4v) is 4.62. The van der Waals surface area contributed by atoms with Crippen molar-refractivity contribution in [3.05, 3.63) is 42.2 Å². The summed E-state index contributed by atoms with van der Waals surface area (Å²) in [4.78, 5) is 13.6. The first-order valence-electron chi connectivity index (χ1n) is 10.8. The molecule has 4 atom stereocenters. The predicted molar refractivity (Wildman–Crippen MR) is 122 cm³/mol. The van der Waals surface area contributed by atoms with Crippen molar-refractivity contribution in [3.8, 4) is 0 Å². The summed E-state index contributed by atoms with van der Waals surface area (Å²) in [5.74, 6) is 1.82. The van der Waals surface area contributed by atoms with Gasteiger partial charge in [0.2, 0.25) is 0 Å². The molecule has 1 saturated heterocycles. The molecule has 10 heteroatoms. The zero-order valence-electron chi connectivity index (χ0n) is 18.1. The molecular formula is C22H29N5O4S. The third kappa shape index (κ3) is 4.74. The largest absolute Gasteiger partial charge is 0.394 e. The van der Waals surface area contributed by atoms with Gasteiger partial charge in [0.15, 0.2) is 28.4 Å². The summed E-state index contributed by atoms with van der Waals surface area (Å²) < 4.78 is 7.51. The fourth-order valence-electron chi connectivity index (χ4n) is 3.64. The summed E-state index contributed by atoms with van der Waals surface area (Å²) in [5.41, 5.74) is 2.20. The number of aliphatic hydroxyl groups excluding tert-OH is 3. The van der Waals surface area contributed by atoms with E-state index in [-0.39, 0.29) is 0 Å². The molecule has 3 heterocycles. The number of ether oxygens (including phenoxy) is 1. The summed E-state index contributed by atoms with van der Waals surface area (Å²) >= 11 is 1.48. The minimum absolute atomic E-state index is 0.398. The van der Waals surface area contributed by atoms with E-state index < -0.39 is 31.1 Å². The lowest BCUT2D eigenvalue weighted by atomic mass is 10.1. The summed E-state index contributed by atoms with van der Waals surface area (Å²) in [6, 6.07) is 9.99. The summed E-state index contributed by atoms with van der Waals surface area (Å²) in [6.07, 6.45) is -1.82. The molecule has 0 radical (unpaired) electrons. The number of benzene rings is 1. The molecule has 172 valence electrons. The van der Waals surface area contributed by atoms with Crippen LogP contribution in [0.1, 0.15) is 32.1 Å². The molecule has 0 spiro atoms. The lowest BCUT2D eigenvalue weighted by molar-refractivity contribution is -0.0548. The molecule has 2 aromatic heterocycles. The van der Waals surface area contributed by atoms with Gasteiger partial charge in [-0.15, -0.1) is 0 Å². The standard InChI is InChI=1S/C22H29N5O4S/c1-13(2)8-9-23-19-16-20(25-12-24-19)27(21-18(30)17(29)15(10-28)31-21)22(26-16)32-11-14-6-4-3-5-7-14/h3-7,12-13,15,17-18,21,28-30H,8-11H2,1-2H3,(H,23,24,25)/t15-,17-,18-,21-/m1/s1. The SMILES string of the molecule is CC(C)CCNc1ncnc2c1nc(SCc1ccccc1)n2[C@@H]1O[C@H](CO)[C@@H](O)[C@H]1O. The highest BCUT2D eigenvalue weighted by Gasteiger charge is 2.45. The second-order valence-electron chi connectivity index (χ2n) is 8.27. The van der Waals surface area contributed by atoms with Gasteiger partial charge >= 0.3 is 0 Å². The fraction of sp³-hybridized carbons (Fsp3) is 0.500. The Bertz CT molecular complexity index is 1030. The van der Waals surface area contributed by atoms with Crippen LogP contribution in [0.4, 0.5) is 5.82 Å². The summed E-state index contributed by atoms with van der Waals surface area (Å²) in [5, 5.41) is 34.4. The van der Waals surface area contributed by atoms with Gasteiger partial charge in [-0.1, -0.05) is 55.9 Å². The van der Waals surface area contributed by atoms with Crippen molar-refractivity contribution in [3.63, 3.8) is 0 Å². The number of anilines is 1. The van der Waals surface area contributed by atoms with Gasteiger partial charge in [0.25, 0.3) is 0 Å². The van der Waals surface area contributed by atoms with Crippen LogP contribution in [0.3, 0.4) is 0 Å². The quantitative estimate of drug-likeness (QED) is 0.356. The Labute approximate surface area is 190 Å². The topological polar surface area (TPSA) is 126 Å². The third-order valence-corrected chi connectivity index (χ3v) is 6.47. The van der Waals surface area contributed by atoms with Crippen LogP contribution in [0.25, 0.3) is 11.2 Å². The van der Waals surface area contributed by atoms with E-state index in [1.807, 2.05) is 30.3 Å². The maximum atomic E-state index is 10.7. The Morgan fingerprint density at radius 3 is 2.62 bits per heavy atom. The maximum absolute atomic E-state index is 10.7. The van der Waals surface area contributed by atoms with E-state index in [1.54, 1.807) is 4.57 Å². The van der Waals surface area contributed by atoms with E-state index in [2.05, 4.69) is 29.1 Å². The second kappa shape index (κ2) is 10.1. The number of hydrogen-bond donors (Lipinski definition) is 4. The molecule has 0 bridgehead atoms. The van der Waals surface area contributed by atoms with Gasteiger partial charge in [-0.3, -0.25) is 4.57 Å². The lowest BCUT2D eigenvalue weighted by Gasteiger charge is -2.19. The van der Waals surface area contributed by atoms with Gasteiger partial charge in [0.05, 0.1) is 6.61 Å². The van der Waals surface area contributed by atoms with Crippen LogP contribution in [0.5, 0.6) is 0 Å². The van der Waals surface area contributed by atoms with Crippen molar-refractivity contribution >= 4 is 28.7 Å². The van der Waals surface area contributed by atoms with Crippen LogP contribution in [-0.2, 0) is 10.5 Å². The molecule has 0 saturated carbocycles. The Morgan fingerprint density at radius 2 is 1.94 bits per heavy atom. The van der Waals surface area contributed by atoms with E-state index >= 15 is 0 Å². The van der Waals surface area contributed by atoms with Crippen molar-refractivity contribution in [1.82, 2.24) is 19.5 Å². The number of aromatic nitrogens is 4. The van der Waals surface area contributed by atoms with Gasteiger partial charge in [-0.2, -0.15) is 0 Å². The van der Waals surface area contributed by atoms with E-state index in [1.165, 1.54) is 18.1 Å². The highest BCUT2D eigenvalue weighted by Crippen LogP contribution is 2.37. The Kier molecular flexibility index (Phi) is 7.27. The first kappa shape index (κ1) is 22.9. The van der Waals surface area contributed by atoms with Crippen LogP contribution in [0.2, 0.25) is 0 Å². The molecule has 1 aliphatic rings. The van der Waals surface area contributed by atoms with Crippen LogP contribution in [0.15, 0.2) is 41.8 Å². The molecule has 1 aromatic carbocycles. The highest BCUT2D eigenvalue weighted by atomic mass is 32.2. The van der Waals surface area contributed by atoms with Crippen LogP contribution in [-0.4, -0.2) is 66.3 Å². The molecular weight excluding hydrogens is 430 g/mol. The van der Waals surface area contributed by atoms with E-state index in [9.17, 15) is 15.3 Å². The normalized spacial score (nSPS) is 23.3. The number of aliphatic hydroxyl groups is 3. The van der Waals surface area contributed by atoms with Crippen molar-refractivity contribution in [1.29, 1.82) is 0 Å². The molecule has 0 unspecified atom stereocenters. The maximum Gasteiger partial charge on any atom is 0.172 e. The smallest absolute Gasteiger partial charge is 0.172 e. The Hall–Kier alpha value is -2.24. The minimum Gasteiger partial charge on any atom is -0.394 e. The lowest BCUT2D eigenvalue weighted by Crippen LogP contribution is -2.33. The summed E-state index contributed by atoms with van der Waals surface area (Å²) in [6.45, 7) is 4.67. The average molecular weight is 460 g/mol. The van der Waals surface area contributed by atoms with Crippen LogP contribution < -0.4 is 5.32 Å². The number of hydrogen-bond acceptors (Lipinski definition) is 9. The van der Waals surface area contributed by atoms with Gasteiger partial charge < -0.3 is 25.4 Å². The number of fused-ring (bicyclic) bond motifs is 1. The van der Waals surface area contributed by atoms with Crippen molar-refractivity contribution < 1.29 is 20.1 Å². The van der Waals surface area contributed by atoms with E-state index in [0.29, 0.717) is 33.8 Å². The predicted octanol–water partition coefficient (Wildman–Crippen LogP) is 2.19. The second-order valence-corrected chi connectivity index (χ2v) is 9.21. The van der Waals surface area contributed by atoms with Gasteiger partial charge in [-0.25, -0.2) is 15.0 Å². The highest BCUT2D eigenvalue weighted by molar-refractivity contribution is 7.98. The molecule has 0 aliphatic carbocycles. The van der Waals surface area contributed by atoms with Crippen LogP contribution >= 0.6 is 11.8 Å². The molecule has 3 aromatic rings. The van der Waals surface area contributed by atoms with Gasteiger partial charge in [0, 0.05) is 12.3 Å². The molecule has 1 aliphatic heterocycles. The average Bonchev–Trinajstić information content (AvgIpc) is 3.30. The zero-order chi connectivity index (χ0) is 22.7. The van der Waals surface area contributed by atoms with Crippen LogP contribution in [0, 0.1) is 5.92 Å². The van der Waals surface area contributed by atoms with Gasteiger partial charge in [0.1, 0.15) is 24.6 Å². The zero-order valence-corrected chi connectivity index (χ0v) is 18.9. The number of nitrogens with one attached hydrogen (secondary N) is 1. The first-order valence-corrected chi connectivity index (χ1v) is 11.7. The summed E-state index contributed by atoms with van der Waals surface area (Å²) in [7, 11) is 0. The molecule has 4 rings (SSSR count). The molecule has 9 nitrogen and oxygen atoms in total. The van der Waals surface area contributed by atoms with Crippen molar-refractivity contribution in [2.45, 2.75) is 55.7 Å². The number of nitrogens with zero attached hydrogens (tertiary/aromatic N) is 4. The first-order chi connectivity index (χ1) is 15.5. The Balaban J connectivity index is 1.71. The number of imidazole rings is 1. The monoisotopic (exact) mass is 459 g/mol. The van der Waals surface area contributed by atoms with Crippen molar-refractivity contribution in [2.75, 3.05) is 18.5 Å². The molecule has 0 amide bonds. The molecule has 32 heavy (non-hydrogen) atoms. The number of thioether (sulfide) groups is 1.